The molecule has 0 aliphatic heterocycles. The van der Waals surface area contributed by atoms with E-state index in [1.807, 2.05) is 72.8 Å². The van der Waals surface area contributed by atoms with Crippen LogP contribution in [0.15, 0.2) is 35.3 Å². The Hall–Kier alpha value is -1.06. The van der Waals surface area contributed by atoms with E-state index in [0.717, 1.165) is 36.2 Å². The van der Waals surface area contributed by atoms with E-state index in [1.165, 1.54) is 0 Å². The Morgan fingerprint density at radius 3 is 1.88 bits per heavy atom. The monoisotopic (exact) mass is 462 g/mol. The first-order valence-corrected chi connectivity index (χ1v) is 11.8. The Labute approximate surface area is 158 Å². The van der Waals surface area contributed by atoms with Gasteiger partial charge in [0.15, 0.2) is 0 Å². The number of carbonyl (C=O) groups is 2. The third-order valence-corrected chi connectivity index (χ3v) is 8.14. The number of carbonyl (C=O) groups excluding carboxylic acids is 2. The van der Waals surface area contributed by atoms with Gasteiger partial charge in [-0.3, -0.25) is 0 Å². The van der Waals surface area contributed by atoms with Crippen LogP contribution < -0.4 is 0 Å². The molecule has 0 radical (unpaired) electrons. The first-order valence-electron chi connectivity index (χ1n) is 8.25. The number of nitrogens with zero attached hydrogens (tertiary/aromatic N) is 2. The fourth-order valence-corrected chi connectivity index (χ4v) is 6.52. The van der Waals surface area contributed by atoms with Gasteiger partial charge in [-0.25, -0.2) is 0 Å². The average molecular weight is 460 g/mol. The first-order chi connectivity index (χ1) is 11.6. The molecular formula is C18H26N2O2Se2. The molecule has 0 saturated heterocycles. The van der Waals surface area contributed by atoms with Crippen LogP contribution in [0.4, 0.5) is 9.59 Å². The summed E-state index contributed by atoms with van der Waals surface area (Å²) in [6.07, 6.45) is 0. The molecule has 0 aliphatic carbocycles. The summed E-state index contributed by atoms with van der Waals surface area (Å²) in [6, 6.07) is 9.94. The van der Waals surface area contributed by atoms with Crippen molar-refractivity contribution in [3.63, 3.8) is 0 Å². The quantitative estimate of drug-likeness (QED) is 0.531. The zero-order valence-electron chi connectivity index (χ0n) is 14.8. The molecule has 0 fully saturated rings. The molecule has 0 unspecified atom stereocenters. The second-order valence-corrected chi connectivity index (χ2v) is 8.75. The van der Waals surface area contributed by atoms with Crippen LogP contribution in [0, 0.1) is 0 Å². The van der Waals surface area contributed by atoms with Gasteiger partial charge < -0.3 is 0 Å². The van der Waals surface area contributed by atoms with Gasteiger partial charge in [0.05, 0.1) is 0 Å². The number of rotatable bonds is 9. The molecule has 4 nitrogen and oxygen atoms in total. The fraction of sp³-hybridized carbons (Fsp3) is 0.444. The van der Waals surface area contributed by atoms with Crippen molar-refractivity contribution in [3.8, 4) is 0 Å². The van der Waals surface area contributed by atoms with Gasteiger partial charge in [0, 0.05) is 0 Å². The Morgan fingerprint density at radius 2 is 1.38 bits per heavy atom. The van der Waals surface area contributed by atoms with Crippen molar-refractivity contribution in [1.29, 1.82) is 0 Å². The average Bonchev–Trinajstić information content (AvgIpc) is 2.61. The summed E-state index contributed by atoms with van der Waals surface area (Å²) in [4.78, 5) is 30.9. The maximum absolute atomic E-state index is 12.5. The summed E-state index contributed by atoms with van der Waals surface area (Å²) >= 11 is -0.582. The van der Waals surface area contributed by atoms with Gasteiger partial charge in [0.1, 0.15) is 0 Å². The summed E-state index contributed by atoms with van der Waals surface area (Å²) in [7, 11) is 0. The van der Waals surface area contributed by atoms with Crippen molar-refractivity contribution in [1.82, 2.24) is 9.80 Å². The van der Waals surface area contributed by atoms with Gasteiger partial charge in [-0.1, -0.05) is 0 Å². The minimum atomic E-state index is -0.307. The zero-order chi connectivity index (χ0) is 17.9. The molecule has 0 spiro atoms. The van der Waals surface area contributed by atoms with Gasteiger partial charge in [-0.05, 0) is 0 Å². The summed E-state index contributed by atoms with van der Waals surface area (Å²) in [5.41, 5.74) is 1.05. The van der Waals surface area contributed by atoms with E-state index in [1.54, 1.807) is 0 Å². The maximum atomic E-state index is 12.5. The summed E-state index contributed by atoms with van der Waals surface area (Å²) in [5, 5.41) is 0. The second kappa shape index (κ2) is 11.5. The van der Waals surface area contributed by atoms with Crippen molar-refractivity contribution in [2.24, 2.45) is 0 Å². The summed E-state index contributed by atoms with van der Waals surface area (Å²) in [6.45, 7) is 10.9. The van der Waals surface area contributed by atoms with Crippen molar-refractivity contribution >= 4 is 44.0 Å². The molecule has 1 aromatic rings. The van der Waals surface area contributed by atoms with E-state index in [9.17, 15) is 9.59 Å². The van der Waals surface area contributed by atoms with Crippen molar-refractivity contribution in [2.75, 3.05) is 26.2 Å². The van der Waals surface area contributed by atoms with Crippen LogP contribution in [0.2, 0.25) is 0 Å². The van der Waals surface area contributed by atoms with Crippen LogP contribution in [0.25, 0.3) is 4.47 Å². The van der Waals surface area contributed by atoms with Crippen molar-refractivity contribution in [2.45, 2.75) is 27.7 Å². The Balaban J connectivity index is 2.96. The van der Waals surface area contributed by atoms with Crippen molar-refractivity contribution < 1.29 is 9.59 Å². The number of amides is 2. The molecule has 0 aromatic heterocycles. The molecule has 0 heterocycles. The van der Waals surface area contributed by atoms with E-state index in [0.29, 0.717) is 0 Å². The molecular weight excluding hydrogens is 434 g/mol. The normalized spacial score (nSPS) is 11.2. The molecule has 0 bridgehead atoms. The van der Waals surface area contributed by atoms with Gasteiger partial charge >= 0.3 is 158 Å². The first kappa shape index (κ1) is 21.0. The molecule has 0 saturated carbocycles. The van der Waals surface area contributed by atoms with Crippen LogP contribution >= 0.6 is 0 Å². The molecule has 0 aliphatic rings. The molecule has 2 amide bonds. The van der Waals surface area contributed by atoms with Crippen LogP contribution in [-0.4, -0.2) is 75.5 Å². The predicted octanol–water partition coefficient (Wildman–Crippen LogP) is 3.32. The van der Waals surface area contributed by atoms with Gasteiger partial charge in [-0.2, -0.15) is 0 Å². The predicted molar refractivity (Wildman–Crippen MR) is 103 cm³/mol. The Kier molecular flexibility index (Phi) is 10.0. The Morgan fingerprint density at radius 1 is 0.875 bits per heavy atom. The molecule has 1 aromatic carbocycles. The number of hydrogen-bond donors (Lipinski definition) is 0. The second-order valence-electron chi connectivity index (χ2n) is 4.94. The van der Waals surface area contributed by atoms with Gasteiger partial charge in [0.25, 0.3) is 0 Å². The molecule has 132 valence electrons. The topological polar surface area (TPSA) is 40.6 Å². The van der Waals surface area contributed by atoms with E-state index >= 15 is 0 Å². The fourth-order valence-electron chi connectivity index (χ4n) is 2.05. The third kappa shape index (κ3) is 6.45. The van der Waals surface area contributed by atoms with Crippen LogP contribution in [0.1, 0.15) is 33.3 Å². The van der Waals surface area contributed by atoms with E-state index in [4.69, 9.17) is 0 Å². The van der Waals surface area contributed by atoms with Crippen LogP contribution in [0.3, 0.4) is 0 Å². The number of benzene rings is 1. The molecule has 1 rings (SSSR count). The third-order valence-electron chi connectivity index (χ3n) is 3.57. The van der Waals surface area contributed by atoms with Gasteiger partial charge in [0.2, 0.25) is 0 Å². The zero-order valence-corrected chi connectivity index (χ0v) is 18.2. The van der Waals surface area contributed by atoms with Crippen LogP contribution in [-0.2, 0) is 0 Å². The van der Waals surface area contributed by atoms with Crippen molar-refractivity contribution in [3.05, 3.63) is 40.9 Å². The Bertz CT molecular complexity index is 553. The van der Waals surface area contributed by atoms with E-state index in [2.05, 4.69) is 0 Å². The number of hydrogen-bond acceptors (Lipinski definition) is 2. The van der Waals surface area contributed by atoms with E-state index in [-0.39, 0.29) is 39.5 Å². The molecule has 0 atom stereocenters. The summed E-state index contributed by atoms with van der Waals surface area (Å²) < 4.78 is 1.01. The standard InChI is InChI=1S/C18H26N2O2Se2/c1-5-19(6-2)17(21)23-14-16(15-12-10-9-11-13-15)24-18(22)20(7-3)8-4/h9-14H,5-8H2,1-4H3/b16-14+. The molecule has 6 heteroatoms. The van der Waals surface area contributed by atoms with Gasteiger partial charge in [-0.15, -0.1) is 0 Å². The summed E-state index contributed by atoms with van der Waals surface area (Å²) in [5.74, 6) is 0. The SMILES string of the molecule is CCN(CC)C(=O)[Se]/C=C(/[Se]C(=O)N(CC)CC)c1ccccc1. The minimum absolute atomic E-state index is 0.173. The molecule has 0 N–H and O–H groups in total. The van der Waals surface area contributed by atoms with E-state index < -0.39 is 0 Å². The van der Waals surface area contributed by atoms with Crippen LogP contribution in [0.5, 0.6) is 0 Å². The molecule has 24 heavy (non-hydrogen) atoms.